The average molecular weight is 377 g/mol. The molecule has 1 aliphatic rings. The molecule has 0 aliphatic carbocycles. The summed E-state index contributed by atoms with van der Waals surface area (Å²) in [6.07, 6.45) is -8.29. The summed E-state index contributed by atoms with van der Waals surface area (Å²) in [4.78, 5) is 1.86. The summed E-state index contributed by atoms with van der Waals surface area (Å²) in [6, 6.07) is 1.25. The Morgan fingerprint density at radius 1 is 0.958 bits per heavy atom. The maximum Gasteiger partial charge on any atom is 0.416 e. The number of halogens is 7. The lowest BCUT2D eigenvalue weighted by Crippen LogP contribution is -2.40. The zero-order chi connectivity index (χ0) is 17.4. The van der Waals surface area contributed by atoms with Crippen molar-refractivity contribution in [3.63, 3.8) is 0 Å². The normalized spacial score (nSPS) is 19.0. The van der Waals surface area contributed by atoms with E-state index in [1.165, 1.54) is 0 Å². The quantitative estimate of drug-likeness (QED) is 0.762. The summed E-state index contributed by atoms with van der Waals surface area (Å²) in [5, 5.41) is 0. The lowest BCUT2D eigenvalue weighted by Gasteiger charge is -2.35. The summed E-state index contributed by atoms with van der Waals surface area (Å²) in [5.74, 6) is 0. The molecule has 1 unspecified atom stereocenters. The fourth-order valence-corrected chi connectivity index (χ4v) is 2.74. The van der Waals surface area contributed by atoms with E-state index in [2.05, 4.69) is 0 Å². The van der Waals surface area contributed by atoms with Crippen molar-refractivity contribution >= 4 is 12.4 Å². The van der Waals surface area contributed by atoms with Gasteiger partial charge in [-0.25, -0.2) is 0 Å². The largest absolute Gasteiger partial charge is 0.416 e. The van der Waals surface area contributed by atoms with Crippen LogP contribution in [0.1, 0.15) is 42.5 Å². The van der Waals surface area contributed by atoms with Crippen LogP contribution in [0.5, 0.6) is 0 Å². The summed E-state index contributed by atoms with van der Waals surface area (Å²) < 4.78 is 77.4. The molecule has 1 atom stereocenters. The van der Waals surface area contributed by atoms with Crippen molar-refractivity contribution in [1.82, 2.24) is 4.90 Å². The predicted molar refractivity (Wildman–Crippen MR) is 80.9 cm³/mol. The van der Waals surface area contributed by atoms with E-state index in [0.29, 0.717) is 25.9 Å². The fourth-order valence-electron chi connectivity index (χ4n) is 2.74. The second kappa shape index (κ2) is 7.49. The number of nitrogens with zero attached hydrogens (tertiary/aromatic N) is 1. The Balaban J connectivity index is 0.00000288. The zero-order valence-electron chi connectivity index (χ0n) is 12.9. The van der Waals surface area contributed by atoms with Crippen LogP contribution in [0.3, 0.4) is 0 Å². The number of nitrogens with two attached hydrogens (primary N) is 1. The van der Waals surface area contributed by atoms with Crippen molar-refractivity contribution in [3.8, 4) is 0 Å². The standard InChI is InChI=1S/C15H18F6N2.ClH/c1-9(23-4-2-13(22)3-5-23)10-6-11(14(16,17)18)8-12(7-10)15(19,20)21;/h6-9,13H,2-5,22H2,1H3;1H. The second-order valence-electron chi connectivity index (χ2n) is 5.89. The van der Waals surface area contributed by atoms with Crippen molar-refractivity contribution in [2.45, 2.75) is 44.2 Å². The topological polar surface area (TPSA) is 29.3 Å². The van der Waals surface area contributed by atoms with Gasteiger partial charge in [0.2, 0.25) is 0 Å². The molecule has 0 bridgehead atoms. The summed E-state index contributed by atoms with van der Waals surface area (Å²) in [7, 11) is 0. The molecule has 0 aromatic heterocycles. The van der Waals surface area contributed by atoms with Gasteiger partial charge in [-0.2, -0.15) is 26.3 Å². The number of piperidine rings is 1. The molecule has 2 rings (SSSR count). The average Bonchev–Trinajstić information content (AvgIpc) is 2.45. The van der Waals surface area contributed by atoms with Crippen LogP contribution in [0.4, 0.5) is 26.3 Å². The minimum Gasteiger partial charge on any atom is -0.328 e. The first-order valence-corrected chi connectivity index (χ1v) is 7.27. The first-order valence-electron chi connectivity index (χ1n) is 7.27. The number of likely N-dealkylation sites (tertiary alicyclic amines) is 1. The van der Waals surface area contributed by atoms with E-state index in [1.807, 2.05) is 4.90 Å². The molecule has 1 fully saturated rings. The number of rotatable bonds is 2. The Bertz CT molecular complexity index is 518. The van der Waals surface area contributed by atoms with E-state index >= 15 is 0 Å². The number of benzene rings is 1. The van der Waals surface area contributed by atoms with Gasteiger partial charge >= 0.3 is 12.4 Å². The Labute approximate surface area is 142 Å². The third kappa shape index (κ3) is 5.00. The van der Waals surface area contributed by atoms with Crippen molar-refractivity contribution < 1.29 is 26.3 Å². The molecule has 0 spiro atoms. The van der Waals surface area contributed by atoms with Gasteiger partial charge in [-0.15, -0.1) is 12.4 Å². The van der Waals surface area contributed by atoms with Gasteiger partial charge in [0.15, 0.2) is 0 Å². The molecular weight excluding hydrogens is 358 g/mol. The van der Waals surface area contributed by atoms with Crippen LogP contribution in [0, 0.1) is 0 Å². The summed E-state index contributed by atoms with van der Waals surface area (Å²) in [5.41, 5.74) is 3.24. The van der Waals surface area contributed by atoms with Crippen LogP contribution in [-0.4, -0.2) is 24.0 Å². The van der Waals surface area contributed by atoms with E-state index < -0.39 is 29.5 Å². The molecule has 9 heteroatoms. The highest BCUT2D eigenvalue weighted by Crippen LogP contribution is 2.38. The maximum atomic E-state index is 12.9. The monoisotopic (exact) mass is 376 g/mol. The highest BCUT2D eigenvalue weighted by atomic mass is 35.5. The van der Waals surface area contributed by atoms with E-state index in [1.54, 1.807) is 6.92 Å². The van der Waals surface area contributed by atoms with Gasteiger partial charge in [0.25, 0.3) is 0 Å². The van der Waals surface area contributed by atoms with E-state index in [9.17, 15) is 26.3 Å². The Morgan fingerprint density at radius 3 is 1.75 bits per heavy atom. The van der Waals surface area contributed by atoms with Crippen LogP contribution in [0.25, 0.3) is 0 Å². The van der Waals surface area contributed by atoms with Crippen molar-refractivity contribution in [3.05, 3.63) is 34.9 Å². The third-order valence-corrected chi connectivity index (χ3v) is 4.21. The van der Waals surface area contributed by atoms with Crippen LogP contribution < -0.4 is 5.73 Å². The van der Waals surface area contributed by atoms with E-state index in [-0.39, 0.29) is 30.1 Å². The summed E-state index contributed by atoms with van der Waals surface area (Å²) in [6.45, 7) is 2.73. The van der Waals surface area contributed by atoms with Gasteiger partial charge in [0.1, 0.15) is 0 Å². The van der Waals surface area contributed by atoms with Gasteiger partial charge < -0.3 is 5.73 Å². The molecule has 1 heterocycles. The highest BCUT2D eigenvalue weighted by Gasteiger charge is 2.37. The Hall–Kier alpha value is -0.990. The maximum absolute atomic E-state index is 12.9. The molecule has 2 nitrogen and oxygen atoms in total. The Morgan fingerprint density at radius 2 is 1.38 bits per heavy atom. The van der Waals surface area contributed by atoms with Gasteiger partial charge in [0, 0.05) is 25.2 Å². The SMILES string of the molecule is CC(c1cc(C(F)(F)F)cc(C(F)(F)F)c1)N1CCC(N)CC1.Cl. The van der Waals surface area contributed by atoms with Gasteiger partial charge in [-0.1, -0.05) is 0 Å². The predicted octanol–water partition coefficient (Wildman–Crippen LogP) is 4.63. The van der Waals surface area contributed by atoms with Crippen molar-refractivity contribution in [2.75, 3.05) is 13.1 Å². The third-order valence-electron chi connectivity index (χ3n) is 4.21. The molecule has 1 aliphatic heterocycles. The van der Waals surface area contributed by atoms with Crippen molar-refractivity contribution in [1.29, 1.82) is 0 Å². The fraction of sp³-hybridized carbons (Fsp3) is 0.600. The molecule has 0 saturated carbocycles. The minimum absolute atomic E-state index is 0. The second-order valence-corrected chi connectivity index (χ2v) is 5.89. The van der Waals surface area contributed by atoms with Gasteiger partial charge in [0.05, 0.1) is 11.1 Å². The smallest absolute Gasteiger partial charge is 0.328 e. The van der Waals surface area contributed by atoms with Crippen molar-refractivity contribution in [2.24, 2.45) is 5.73 Å². The Kier molecular flexibility index (Phi) is 6.57. The number of hydrogen-bond acceptors (Lipinski definition) is 2. The number of alkyl halides is 6. The van der Waals surface area contributed by atoms with Crippen LogP contribution in [-0.2, 0) is 12.4 Å². The lowest BCUT2D eigenvalue weighted by molar-refractivity contribution is -0.143. The van der Waals surface area contributed by atoms with E-state index in [4.69, 9.17) is 5.73 Å². The van der Waals surface area contributed by atoms with Crippen LogP contribution >= 0.6 is 12.4 Å². The lowest BCUT2D eigenvalue weighted by atomic mass is 9.97. The summed E-state index contributed by atoms with van der Waals surface area (Å²) >= 11 is 0. The van der Waals surface area contributed by atoms with Gasteiger partial charge in [-0.3, -0.25) is 4.90 Å². The molecule has 0 radical (unpaired) electrons. The highest BCUT2D eigenvalue weighted by molar-refractivity contribution is 5.85. The molecule has 138 valence electrons. The minimum atomic E-state index is -4.82. The van der Waals surface area contributed by atoms with Crippen LogP contribution in [0.2, 0.25) is 0 Å². The number of hydrogen-bond donors (Lipinski definition) is 1. The van der Waals surface area contributed by atoms with E-state index in [0.717, 1.165) is 12.1 Å². The molecule has 2 N–H and O–H groups in total. The van der Waals surface area contributed by atoms with Gasteiger partial charge in [-0.05, 0) is 43.5 Å². The first-order chi connectivity index (χ1) is 10.5. The molecular formula is C15H19ClF6N2. The molecule has 24 heavy (non-hydrogen) atoms. The van der Waals surface area contributed by atoms with Crippen LogP contribution in [0.15, 0.2) is 18.2 Å². The first kappa shape index (κ1) is 21.1. The molecule has 0 amide bonds. The molecule has 1 aromatic rings. The molecule has 1 aromatic carbocycles. The zero-order valence-corrected chi connectivity index (χ0v) is 13.7. The molecule has 1 saturated heterocycles.